The number of nitrogens with zero attached hydrogens (tertiary/aromatic N) is 2. The molecule has 3 aromatic rings. The van der Waals surface area contributed by atoms with Crippen LogP contribution < -0.4 is 0 Å². The van der Waals surface area contributed by atoms with Gasteiger partial charge in [-0.3, -0.25) is 4.57 Å². The van der Waals surface area contributed by atoms with Crippen LogP contribution in [-0.4, -0.2) is 20.6 Å². The Kier molecular flexibility index (Phi) is 2.75. The molecule has 20 heavy (non-hydrogen) atoms. The number of hydrogen-bond donors (Lipinski definition) is 1. The van der Waals surface area contributed by atoms with E-state index in [1.54, 1.807) is 35.8 Å². The molecule has 0 fully saturated rings. The van der Waals surface area contributed by atoms with Gasteiger partial charge in [-0.25, -0.2) is 14.2 Å². The minimum Gasteiger partial charge on any atom is -0.478 e. The number of carboxylic acid groups (broad SMARTS) is 1. The number of aromatic carboxylic acids is 1. The predicted molar refractivity (Wildman–Crippen MR) is 72.7 cm³/mol. The molecule has 0 saturated heterocycles. The number of halogens is 1. The van der Waals surface area contributed by atoms with Crippen molar-refractivity contribution < 1.29 is 14.3 Å². The van der Waals surface area contributed by atoms with Gasteiger partial charge in [0.05, 0.1) is 16.8 Å². The van der Waals surface area contributed by atoms with E-state index in [2.05, 4.69) is 4.98 Å². The van der Waals surface area contributed by atoms with Crippen LogP contribution >= 0.6 is 0 Å². The molecule has 1 N–H and O–H groups in total. The van der Waals surface area contributed by atoms with Gasteiger partial charge in [0, 0.05) is 0 Å². The molecule has 0 radical (unpaired) electrons. The molecule has 1 aromatic heterocycles. The lowest BCUT2D eigenvalue weighted by molar-refractivity contribution is 0.0699. The van der Waals surface area contributed by atoms with Gasteiger partial charge in [0.25, 0.3) is 0 Å². The average molecular weight is 270 g/mol. The Morgan fingerprint density at radius 2 is 2.00 bits per heavy atom. The van der Waals surface area contributed by atoms with Gasteiger partial charge in [0.1, 0.15) is 17.2 Å². The number of carbonyl (C=O) groups is 1. The van der Waals surface area contributed by atoms with Crippen LogP contribution in [-0.2, 0) is 0 Å². The van der Waals surface area contributed by atoms with E-state index in [0.717, 1.165) is 0 Å². The summed E-state index contributed by atoms with van der Waals surface area (Å²) in [5, 5.41) is 9.19. The molecule has 0 unspecified atom stereocenters. The maximum atomic E-state index is 13.4. The number of rotatable bonds is 2. The third kappa shape index (κ3) is 1.84. The smallest absolute Gasteiger partial charge is 0.337 e. The molecule has 0 aliphatic heterocycles. The van der Waals surface area contributed by atoms with Gasteiger partial charge in [-0.1, -0.05) is 12.1 Å². The fourth-order valence-electron chi connectivity index (χ4n) is 2.33. The Bertz CT molecular complexity index is 824. The van der Waals surface area contributed by atoms with Crippen LogP contribution in [0.4, 0.5) is 4.39 Å². The summed E-state index contributed by atoms with van der Waals surface area (Å²) in [5.41, 5.74) is 1.81. The summed E-state index contributed by atoms with van der Waals surface area (Å²) in [6.07, 6.45) is 0. The summed E-state index contributed by atoms with van der Waals surface area (Å²) < 4.78 is 15.1. The van der Waals surface area contributed by atoms with Gasteiger partial charge < -0.3 is 5.11 Å². The lowest BCUT2D eigenvalue weighted by Crippen LogP contribution is -1.98. The lowest BCUT2D eigenvalue weighted by atomic mass is 10.2. The zero-order valence-corrected chi connectivity index (χ0v) is 10.7. The number of hydrogen-bond acceptors (Lipinski definition) is 2. The van der Waals surface area contributed by atoms with Crippen LogP contribution in [0.25, 0.3) is 16.7 Å². The van der Waals surface area contributed by atoms with E-state index in [9.17, 15) is 14.3 Å². The van der Waals surface area contributed by atoms with E-state index in [1.165, 1.54) is 18.2 Å². The topological polar surface area (TPSA) is 55.1 Å². The lowest BCUT2D eigenvalue weighted by Gasteiger charge is -2.07. The summed E-state index contributed by atoms with van der Waals surface area (Å²) in [6, 6.07) is 11.0. The molecule has 0 aliphatic rings. The molecule has 0 spiro atoms. The summed E-state index contributed by atoms with van der Waals surface area (Å²) in [4.78, 5) is 15.5. The SMILES string of the molecule is Cc1nc2c(C(=O)O)cccc2n1-c1cccc(F)c1. The molecule has 0 atom stereocenters. The van der Waals surface area contributed by atoms with Gasteiger partial charge in [-0.2, -0.15) is 0 Å². The van der Waals surface area contributed by atoms with E-state index in [1.807, 2.05) is 0 Å². The molecular weight excluding hydrogens is 259 g/mol. The molecule has 4 nitrogen and oxygen atoms in total. The van der Waals surface area contributed by atoms with E-state index < -0.39 is 5.97 Å². The first-order chi connectivity index (χ1) is 9.58. The van der Waals surface area contributed by atoms with Crippen molar-refractivity contribution in [3.8, 4) is 5.69 Å². The highest BCUT2D eigenvalue weighted by molar-refractivity contribution is 6.01. The first-order valence-electron chi connectivity index (χ1n) is 6.05. The first-order valence-corrected chi connectivity index (χ1v) is 6.05. The van der Waals surface area contributed by atoms with Crippen molar-refractivity contribution in [2.75, 3.05) is 0 Å². The van der Waals surface area contributed by atoms with Crippen LogP contribution in [0, 0.1) is 12.7 Å². The zero-order chi connectivity index (χ0) is 14.3. The molecule has 0 amide bonds. The molecule has 0 bridgehead atoms. The Hall–Kier alpha value is -2.69. The average Bonchev–Trinajstić information content (AvgIpc) is 2.74. The number of fused-ring (bicyclic) bond motifs is 1. The predicted octanol–water partition coefficient (Wildman–Crippen LogP) is 3.17. The fourth-order valence-corrected chi connectivity index (χ4v) is 2.33. The standard InChI is InChI=1S/C15H11FN2O2/c1-9-17-14-12(15(19)20)6-3-7-13(14)18(9)11-5-2-4-10(16)8-11/h2-8H,1H3,(H,19,20). The Morgan fingerprint density at radius 1 is 1.25 bits per heavy atom. The Morgan fingerprint density at radius 3 is 2.70 bits per heavy atom. The third-order valence-corrected chi connectivity index (χ3v) is 3.15. The Labute approximate surface area is 114 Å². The van der Waals surface area contributed by atoms with Crippen LogP contribution in [0.1, 0.15) is 16.2 Å². The highest BCUT2D eigenvalue weighted by Gasteiger charge is 2.15. The van der Waals surface area contributed by atoms with Gasteiger partial charge in [-0.05, 0) is 37.3 Å². The normalized spacial score (nSPS) is 10.9. The van der Waals surface area contributed by atoms with Crippen LogP contribution in [0.2, 0.25) is 0 Å². The highest BCUT2D eigenvalue weighted by atomic mass is 19.1. The minimum atomic E-state index is -1.03. The van der Waals surface area contributed by atoms with Gasteiger partial charge >= 0.3 is 5.97 Å². The summed E-state index contributed by atoms with van der Waals surface area (Å²) in [6.45, 7) is 1.76. The second kappa shape index (κ2) is 4.45. The number of aromatic nitrogens is 2. The van der Waals surface area contributed by atoms with Crippen molar-refractivity contribution >= 4 is 17.0 Å². The second-order valence-corrected chi connectivity index (χ2v) is 4.45. The highest BCUT2D eigenvalue weighted by Crippen LogP contribution is 2.24. The van der Waals surface area contributed by atoms with Crippen molar-refractivity contribution in [2.24, 2.45) is 0 Å². The van der Waals surface area contributed by atoms with E-state index >= 15 is 0 Å². The quantitative estimate of drug-likeness (QED) is 0.778. The molecule has 1 heterocycles. The number of para-hydroxylation sites is 1. The molecule has 2 aromatic carbocycles. The van der Waals surface area contributed by atoms with Crippen molar-refractivity contribution in [3.63, 3.8) is 0 Å². The summed E-state index contributed by atoms with van der Waals surface area (Å²) >= 11 is 0. The van der Waals surface area contributed by atoms with E-state index in [0.29, 0.717) is 22.5 Å². The van der Waals surface area contributed by atoms with E-state index in [4.69, 9.17) is 0 Å². The molecule has 100 valence electrons. The van der Waals surface area contributed by atoms with Gasteiger partial charge in [0.2, 0.25) is 0 Å². The molecule has 5 heteroatoms. The number of aryl methyl sites for hydroxylation is 1. The molecular formula is C15H11FN2O2. The van der Waals surface area contributed by atoms with Crippen molar-refractivity contribution in [1.29, 1.82) is 0 Å². The fraction of sp³-hybridized carbons (Fsp3) is 0.0667. The van der Waals surface area contributed by atoms with Crippen LogP contribution in [0.15, 0.2) is 42.5 Å². The minimum absolute atomic E-state index is 0.140. The monoisotopic (exact) mass is 270 g/mol. The first kappa shape index (κ1) is 12.3. The summed E-state index contributed by atoms with van der Waals surface area (Å²) in [5.74, 6) is -0.767. The number of benzene rings is 2. The summed E-state index contributed by atoms with van der Waals surface area (Å²) in [7, 11) is 0. The van der Waals surface area contributed by atoms with Crippen molar-refractivity contribution in [1.82, 2.24) is 9.55 Å². The van der Waals surface area contributed by atoms with Gasteiger partial charge in [0.15, 0.2) is 0 Å². The van der Waals surface area contributed by atoms with Crippen molar-refractivity contribution in [3.05, 3.63) is 59.7 Å². The second-order valence-electron chi connectivity index (χ2n) is 4.45. The molecule has 0 saturated carbocycles. The van der Waals surface area contributed by atoms with E-state index in [-0.39, 0.29) is 11.4 Å². The van der Waals surface area contributed by atoms with Gasteiger partial charge in [-0.15, -0.1) is 0 Å². The largest absolute Gasteiger partial charge is 0.478 e. The maximum absolute atomic E-state index is 13.4. The number of imidazole rings is 1. The molecule has 3 rings (SSSR count). The van der Waals surface area contributed by atoms with Crippen LogP contribution in [0.3, 0.4) is 0 Å². The maximum Gasteiger partial charge on any atom is 0.337 e. The third-order valence-electron chi connectivity index (χ3n) is 3.15. The zero-order valence-electron chi connectivity index (χ0n) is 10.7. The van der Waals surface area contributed by atoms with Crippen molar-refractivity contribution in [2.45, 2.75) is 6.92 Å². The Balaban J connectivity index is 2.35. The molecule has 0 aliphatic carbocycles. The number of carboxylic acids is 1. The van der Waals surface area contributed by atoms with Crippen LogP contribution in [0.5, 0.6) is 0 Å².